The zero-order valence-electron chi connectivity index (χ0n) is 6.25. The summed E-state index contributed by atoms with van der Waals surface area (Å²) in [7, 11) is 0. The first-order chi connectivity index (χ1) is 5.91. The molecule has 0 radical (unpaired) electrons. The van der Waals surface area contributed by atoms with E-state index in [1.54, 1.807) is 0 Å². The maximum atomic E-state index is 9.00. The van der Waals surface area contributed by atoms with Gasteiger partial charge in [-0.1, -0.05) is 0 Å². The van der Waals surface area contributed by atoms with Crippen LogP contribution >= 0.6 is 0 Å². The lowest BCUT2D eigenvalue weighted by atomic mass is 10.9. The molecule has 7 N–H and O–H groups in total. The van der Waals surface area contributed by atoms with Crippen LogP contribution < -0.4 is 11.5 Å². The Morgan fingerprint density at radius 1 is 0.923 bits per heavy atom. The van der Waals surface area contributed by atoms with Gasteiger partial charge in [0, 0.05) is 0 Å². The third kappa shape index (κ3) is 6.09. The predicted octanol–water partition coefficient (Wildman–Crippen LogP) is -1.99. The molecule has 1 heterocycles. The van der Waals surface area contributed by atoms with E-state index in [0.29, 0.717) is 0 Å². The molecule has 9 nitrogen and oxygen atoms in total. The largest absolute Gasteiger partial charge is 0.479 e. The van der Waals surface area contributed by atoms with Crippen LogP contribution in [-0.2, 0) is 0 Å². The van der Waals surface area contributed by atoms with Crippen molar-refractivity contribution in [2.24, 2.45) is 11.5 Å². The van der Waals surface area contributed by atoms with Gasteiger partial charge in [-0.15, -0.1) is 15.0 Å². The maximum Gasteiger partial charge on any atom is 0.323 e. The summed E-state index contributed by atoms with van der Waals surface area (Å²) < 4.78 is 0. The molecule has 1 aromatic heterocycles. The molecule has 0 aromatic carbocycles. The number of carbonyl (C=O) groups is 1. The van der Waals surface area contributed by atoms with Crippen LogP contribution in [0.4, 0.5) is 4.79 Å². The van der Waals surface area contributed by atoms with E-state index in [4.69, 9.17) is 20.1 Å². The number of nitrogens with two attached hydrogens (primary N) is 2. The summed E-state index contributed by atoms with van der Waals surface area (Å²) in [5.41, 5.74) is 8.50. The molecule has 0 spiro atoms. The number of hydrogen-bond donors (Lipinski definition) is 5. The van der Waals surface area contributed by atoms with Gasteiger partial charge in [-0.25, -0.2) is 4.79 Å². The first-order valence-electron chi connectivity index (χ1n) is 2.79. The molecule has 1 rings (SSSR count). The van der Waals surface area contributed by atoms with E-state index < -0.39 is 24.1 Å². The van der Waals surface area contributed by atoms with Crippen LogP contribution in [0.3, 0.4) is 0 Å². The molecule has 0 atom stereocenters. The van der Waals surface area contributed by atoms with E-state index in [1.165, 1.54) is 0 Å². The fourth-order valence-corrected chi connectivity index (χ4v) is 0.343. The van der Waals surface area contributed by atoms with Crippen molar-refractivity contribution >= 4 is 6.03 Å². The Morgan fingerprint density at radius 3 is 1.23 bits per heavy atom. The SMILES string of the molecule is NC(N)=O.Oc1nc(O)nc(O)n1. The highest BCUT2D eigenvalue weighted by Gasteiger charge is 1.99. The third-order valence-electron chi connectivity index (χ3n) is 0.600. The van der Waals surface area contributed by atoms with Crippen LogP contribution in [0.25, 0.3) is 0 Å². The molecule has 0 fully saturated rings. The van der Waals surface area contributed by atoms with E-state index in [1.807, 2.05) is 0 Å². The summed E-state index contributed by atoms with van der Waals surface area (Å²) in [5.74, 6) is 0. The van der Waals surface area contributed by atoms with Crippen molar-refractivity contribution < 1.29 is 20.1 Å². The summed E-state index contributed by atoms with van der Waals surface area (Å²) in [4.78, 5) is 17.9. The quantitative estimate of drug-likeness (QED) is 0.314. The van der Waals surface area contributed by atoms with E-state index in [2.05, 4.69) is 26.4 Å². The number of aromatic hydroxyl groups is 3. The highest BCUT2D eigenvalue weighted by molar-refractivity contribution is 5.69. The second-order valence-electron chi connectivity index (χ2n) is 1.64. The van der Waals surface area contributed by atoms with E-state index >= 15 is 0 Å². The van der Waals surface area contributed by atoms with Gasteiger partial charge in [-0.05, 0) is 0 Å². The molecule has 0 saturated carbocycles. The van der Waals surface area contributed by atoms with Gasteiger partial charge in [-0.2, -0.15) is 0 Å². The van der Waals surface area contributed by atoms with Gasteiger partial charge < -0.3 is 26.8 Å². The first-order valence-corrected chi connectivity index (χ1v) is 2.79. The van der Waals surface area contributed by atoms with E-state index in [0.717, 1.165) is 0 Å². The summed E-state index contributed by atoms with van der Waals surface area (Å²) in [6.45, 7) is 0. The third-order valence-corrected chi connectivity index (χ3v) is 0.600. The summed E-state index contributed by atoms with van der Waals surface area (Å²) in [6, 6.07) is -2.96. The minimum atomic E-state index is -0.833. The maximum absolute atomic E-state index is 9.00. The zero-order valence-corrected chi connectivity index (χ0v) is 6.25. The van der Waals surface area contributed by atoms with Crippen molar-refractivity contribution in [3.8, 4) is 18.0 Å². The highest BCUT2D eigenvalue weighted by atomic mass is 16.3. The summed E-state index contributed by atoms with van der Waals surface area (Å²) in [5, 5.41) is 25.2. The molecular formula is C4H7N5O4. The standard InChI is InChI=1S/C3H3N3O3.CH4N2O/c7-1-4-2(8)6-3(9)5-1;2-1(3)4/h(H3,4,5,6,7,8,9);(H4,2,3,4). The lowest BCUT2D eigenvalue weighted by molar-refractivity contribution is 0.256. The lowest BCUT2D eigenvalue weighted by Crippen LogP contribution is -2.18. The second kappa shape index (κ2) is 4.54. The fraction of sp³-hybridized carbons (Fsp3) is 0. The van der Waals surface area contributed by atoms with Gasteiger partial charge in [0.25, 0.3) is 0 Å². The molecule has 72 valence electrons. The Balaban J connectivity index is 0.000000310. The van der Waals surface area contributed by atoms with Gasteiger partial charge >= 0.3 is 24.1 Å². The van der Waals surface area contributed by atoms with Crippen LogP contribution in [0.5, 0.6) is 18.0 Å². The van der Waals surface area contributed by atoms with Gasteiger partial charge in [0.15, 0.2) is 0 Å². The number of hydrogen-bond acceptors (Lipinski definition) is 7. The molecule has 0 bridgehead atoms. The molecule has 0 saturated heterocycles. The number of primary amides is 2. The van der Waals surface area contributed by atoms with Gasteiger partial charge in [0.2, 0.25) is 0 Å². The number of amides is 2. The molecule has 1 aromatic rings. The first kappa shape index (κ1) is 10.7. The van der Waals surface area contributed by atoms with Crippen molar-refractivity contribution in [2.75, 3.05) is 0 Å². The van der Waals surface area contributed by atoms with Crippen molar-refractivity contribution in [3.05, 3.63) is 0 Å². The zero-order chi connectivity index (χ0) is 10.4. The van der Waals surface area contributed by atoms with Gasteiger partial charge in [-0.3, -0.25) is 0 Å². The minimum Gasteiger partial charge on any atom is -0.479 e. The molecule has 2 amide bonds. The number of rotatable bonds is 0. The Kier molecular flexibility index (Phi) is 3.73. The van der Waals surface area contributed by atoms with Crippen molar-refractivity contribution in [1.82, 2.24) is 15.0 Å². The van der Waals surface area contributed by atoms with Gasteiger partial charge in [0.1, 0.15) is 0 Å². The van der Waals surface area contributed by atoms with Gasteiger partial charge in [0.05, 0.1) is 0 Å². The number of aromatic nitrogens is 3. The van der Waals surface area contributed by atoms with Crippen LogP contribution in [0, 0.1) is 0 Å². The Labute approximate surface area is 71.7 Å². The van der Waals surface area contributed by atoms with Crippen molar-refractivity contribution in [3.63, 3.8) is 0 Å². The Bertz CT molecular complexity index is 248. The van der Waals surface area contributed by atoms with Crippen molar-refractivity contribution in [1.29, 1.82) is 0 Å². The molecule has 0 aliphatic carbocycles. The average Bonchev–Trinajstić information content (AvgIpc) is 1.80. The highest BCUT2D eigenvalue weighted by Crippen LogP contribution is 2.08. The molecule has 0 aliphatic heterocycles. The van der Waals surface area contributed by atoms with Crippen LogP contribution in [0.1, 0.15) is 0 Å². The predicted molar refractivity (Wildman–Crippen MR) is 38.6 cm³/mol. The topological polar surface area (TPSA) is 168 Å². The van der Waals surface area contributed by atoms with Crippen LogP contribution in [0.2, 0.25) is 0 Å². The van der Waals surface area contributed by atoms with E-state index in [9.17, 15) is 0 Å². The lowest BCUT2D eigenvalue weighted by Gasteiger charge is -1.90. The minimum absolute atomic E-state index is 0.708. The van der Waals surface area contributed by atoms with Crippen LogP contribution in [0.15, 0.2) is 0 Å². The summed E-state index contributed by atoms with van der Waals surface area (Å²) >= 11 is 0. The molecule has 9 heteroatoms. The number of carbonyl (C=O) groups excluding carboxylic acids is 1. The fourth-order valence-electron chi connectivity index (χ4n) is 0.343. The second-order valence-corrected chi connectivity index (χ2v) is 1.64. The Hall–Kier alpha value is -2.32. The van der Waals surface area contributed by atoms with E-state index in [-0.39, 0.29) is 0 Å². The average molecular weight is 189 g/mol. The Morgan fingerprint density at radius 2 is 1.08 bits per heavy atom. The monoisotopic (exact) mass is 189 g/mol. The number of urea groups is 1. The smallest absolute Gasteiger partial charge is 0.323 e. The molecule has 0 unspecified atom stereocenters. The van der Waals surface area contributed by atoms with Crippen molar-refractivity contribution in [2.45, 2.75) is 0 Å². The molecular weight excluding hydrogens is 182 g/mol. The molecule has 13 heavy (non-hydrogen) atoms. The summed E-state index contributed by atoms with van der Waals surface area (Å²) in [6.07, 6.45) is 0. The molecule has 0 aliphatic rings. The normalized spacial score (nSPS) is 8.31. The van der Waals surface area contributed by atoms with Crippen LogP contribution in [-0.4, -0.2) is 36.3 Å². The number of nitrogens with zero attached hydrogens (tertiary/aromatic N) is 3.